The highest BCUT2D eigenvalue weighted by atomic mass is 32.2. The van der Waals surface area contributed by atoms with Crippen molar-refractivity contribution >= 4 is 44.9 Å². The second-order valence-electron chi connectivity index (χ2n) is 15.7. The summed E-state index contributed by atoms with van der Waals surface area (Å²) >= 11 is 3.27. The van der Waals surface area contributed by atoms with Crippen LogP contribution in [0.3, 0.4) is 0 Å². The minimum absolute atomic E-state index is 0.122. The van der Waals surface area contributed by atoms with E-state index in [1.807, 2.05) is 85.4 Å². The van der Waals surface area contributed by atoms with Crippen molar-refractivity contribution in [2.24, 2.45) is 4.99 Å². The SMILES string of the molecule is CCOc1cc2c(cc1OC)C(c1ccc(C(=O)N3CCC(n4c(=O)c5sc(-c6ccccc6)cc5n(Cc5cc(OC)c(OC)cc5F)c4=O)CC3)cc1)=N[C@@H]1CCSC[C@H]21. The van der Waals surface area contributed by atoms with Crippen molar-refractivity contribution in [3.63, 3.8) is 0 Å². The Morgan fingerprint density at radius 2 is 1.55 bits per heavy atom. The summed E-state index contributed by atoms with van der Waals surface area (Å²) in [6.45, 7) is 3.06. The number of methoxy groups -OCH3 is 3. The Bertz CT molecular complexity index is 2810. The molecule has 11 nitrogen and oxygen atoms in total. The third kappa shape index (κ3) is 7.57. The summed E-state index contributed by atoms with van der Waals surface area (Å²) in [7, 11) is 4.54. The van der Waals surface area contributed by atoms with Crippen LogP contribution in [0, 0.1) is 5.82 Å². The number of aromatic nitrogens is 2. The van der Waals surface area contributed by atoms with Crippen LogP contribution in [0.15, 0.2) is 99.5 Å². The number of hydrogen-bond donors (Lipinski definition) is 0. The van der Waals surface area contributed by atoms with E-state index in [0.717, 1.165) is 51.0 Å². The number of likely N-dealkylation sites (tertiary alicyclic amines) is 1. The molecule has 3 aliphatic rings. The van der Waals surface area contributed by atoms with E-state index in [-0.39, 0.29) is 35.4 Å². The lowest BCUT2D eigenvalue weighted by Gasteiger charge is -2.35. The molecule has 4 aromatic carbocycles. The van der Waals surface area contributed by atoms with Gasteiger partial charge in [0.15, 0.2) is 23.0 Å². The zero-order valence-electron chi connectivity index (χ0n) is 35.0. The van der Waals surface area contributed by atoms with E-state index in [4.69, 9.17) is 23.9 Å². The van der Waals surface area contributed by atoms with Gasteiger partial charge < -0.3 is 23.8 Å². The van der Waals surface area contributed by atoms with E-state index in [0.29, 0.717) is 65.7 Å². The summed E-state index contributed by atoms with van der Waals surface area (Å²) < 4.78 is 41.2. The number of piperidine rings is 1. The highest BCUT2D eigenvalue weighted by molar-refractivity contribution is 7.99. The first-order valence-electron chi connectivity index (χ1n) is 20.9. The number of carbonyl (C=O) groups is 1. The van der Waals surface area contributed by atoms with Gasteiger partial charge in [0.1, 0.15) is 10.5 Å². The van der Waals surface area contributed by atoms with Crippen LogP contribution in [0.1, 0.15) is 70.8 Å². The molecule has 2 fully saturated rings. The molecule has 1 amide bonds. The molecule has 0 unspecified atom stereocenters. The predicted octanol–water partition coefficient (Wildman–Crippen LogP) is 8.42. The van der Waals surface area contributed by atoms with E-state index in [9.17, 15) is 14.4 Å². The lowest BCUT2D eigenvalue weighted by molar-refractivity contribution is 0.0691. The minimum atomic E-state index is -0.566. The Labute approximate surface area is 366 Å². The molecule has 5 heterocycles. The van der Waals surface area contributed by atoms with Gasteiger partial charge in [0.2, 0.25) is 0 Å². The number of hydrogen-bond acceptors (Lipinski definition) is 10. The van der Waals surface area contributed by atoms with Gasteiger partial charge in [0, 0.05) is 64.0 Å². The number of nitrogens with zero attached hydrogens (tertiary/aromatic N) is 4. The molecular weight excluding hydrogens is 828 g/mol. The Hall–Kier alpha value is -5.86. The molecule has 0 radical (unpaired) electrons. The number of halogens is 1. The van der Waals surface area contributed by atoms with E-state index < -0.39 is 17.5 Å². The number of fused-ring (bicyclic) bond motifs is 4. The maximum Gasteiger partial charge on any atom is 0.332 e. The Balaban J connectivity index is 0.984. The van der Waals surface area contributed by atoms with Crippen molar-refractivity contribution in [1.82, 2.24) is 14.0 Å². The fraction of sp³-hybridized carbons (Fsp3) is 0.333. The number of thioether (sulfide) groups is 1. The van der Waals surface area contributed by atoms with E-state index in [1.54, 1.807) is 12.0 Å². The largest absolute Gasteiger partial charge is 0.493 e. The number of amides is 1. The fourth-order valence-electron chi connectivity index (χ4n) is 9.01. The zero-order valence-corrected chi connectivity index (χ0v) is 36.7. The summed E-state index contributed by atoms with van der Waals surface area (Å²) in [5, 5.41) is 0. The lowest BCUT2D eigenvalue weighted by atomic mass is 9.81. The van der Waals surface area contributed by atoms with Crippen LogP contribution in [0.25, 0.3) is 20.7 Å². The van der Waals surface area contributed by atoms with Gasteiger partial charge in [-0.3, -0.25) is 23.7 Å². The standard InChI is InChI=1S/C48H47FN4O7S2/c1-5-60-42-22-33-34(23-40(42)58-3)44(50-37-17-20-61-27-35(33)37)29-11-13-30(14-12-29)46(54)51-18-15-32(16-19-51)53-47(55)45-38(25-43(62-45)28-9-7-6-8-10-28)52(48(53)56)26-31-21-39(57-2)41(59-4)24-36(31)49/h6-14,21-25,32,35,37H,5,15-20,26-27H2,1-4H3/t35-,37-/m1/s1. The molecule has 0 N–H and O–H groups in total. The summed E-state index contributed by atoms with van der Waals surface area (Å²) in [6, 6.07) is 25.7. The number of benzene rings is 4. The summed E-state index contributed by atoms with van der Waals surface area (Å²) in [5.74, 6) is 3.62. The van der Waals surface area contributed by atoms with Crippen molar-refractivity contribution in [3.05, 3.63) is 139 Å². The van der Waals surface area contributed by atoms with E-state index >= 15 is 4.39 Å². The van der Waals surface area contributed by atoms with Crippen LogP contribution in [-0.2, 0) is 6.54 Å². The monoisotopic (exact) mass is 874 g/mol. The third-order valence-electron chi connectivity index (χ3n) is 12.2. The van der Waals surface area contributed by atoms with Gasteiger partial charge in [-0.2, -0.15) is 11.8 Å². The molecule has 0 spiro atoms. The fourth-order valence-corrected chi connectivity index (χ4v) is 11.3. The average Bonchev–Trinajstić information content (AvgIpc) is 3.77. The van der Waals surface area contributed by atoms with Gasteiger partial charge in [-0.25, -0.2) is 9.18 Å². The second-order valence-corrected chi connectivity index (χ2v) is 17.9. The van der Waals surface area contributed by atoms with Crippen molar-refractivity contribution in [2.75, 3.05) is 52.5 Å². The summed E-state index contributed by atoms with van der Waals surface area (Å²) in [5.41, 5.74) is 5.22. The van der Waals surface area contributed by atoms with Gasteiger partial charge in [-0.05, 0) is 79.5 Å². The molecule has 14 heteroatoms. The zero-order chi connectivity index (χ0) is 43.1. The Kier molecular flexibility index (Phi) is 11.7. The number of thiophene rings is 1. The van der Waals surface area contributed by atoms with Gasteiger partial charge in [0.25, 0.3) is 11.5 Å². The smallest absolute Gasteiger partial charge is 0.332 e. The van der Waals surface area contributed by atoms with Crippen molar-refractivity contribution in [1.29, 1.82) is 0 Å². The topological polar surface area (TPSA) is 114 Å². The molecule has 6 aromatic rings. The van der Waals surface area contributed by atoms with Crippen LogP contribution in [0.4, 0.5) is 4.39 Å². The van der Waals surface area contributed by atoms with Crippen molar-refractivity contribution < 1.29 is 28.1 Å². The first-order valence-corrected chi connectivity index (χ1v) is 22.8. The summed E-state index contributed by atoms with van der Waals surface area (Å²) in [4.78, 5) is 50.8. The normalized spacial score (nSPS) is 17.6. The second kappa shape index (κ2) is 17.5. The van der Waals surface area contributed by atoms with Gasteiger partial charge in [-0.15, -0.1) is 11.3 Å². The maximum absolute atomic E-state index is 15.6. The van der Waals surface area contributed by atoms with Crippen molar-refractivity contribution in [2.45, 2.75) is 50.7 Å². The molecule has 2 saturated heterocycles. The molecule has 0 bridgehead atoms. The van der Waals surface area contributed by atoms with Crippen LogP contribution in [0.5, 0.6) is 23.0 Å². The molecule has 0 saturated carbocycles. The maximum atomic E-state index is 15.6. The molecule has 3 aliphatic heterocycles. The number of aliphatic imine (C=N–C) groups is 1. The Morgan fingerprint density at radius 3 is 2.26 bits per heavy atom. The van der Waals surface area contributed by atoms with Gasteiger partial charge in [-0.1, -0.05) is 42.5 Å². The molecular formula is C48H47FN4O7S2. The van der Waals surface area contributed by atoms with E-state index in [1.165, 1.54) is 52.4 Å². The quantitative estimate of drug-likeness (QED) is 0.128. The molecule has 9 rings (SSSR count). The van der Waals surface area contributed by atoms with Crippen molar-refractivity contribution in [3.8, 4) is 33.4 Å². The predicted molar refractivity (Wildman–Crippen MR) is 243 cm³/mol. The highest BCUT2D eigenvalue weighted by Gasteiger charge is 2.35. The third-order valence-corrected chi connectivity index (χ3v) is 14.5. The Morgan fingerprint density at radius 1 is 0.839 bits per heavy atom. The molecule has 62 heavy (non-hydrogen) atoms. The number of rotatable bonds is 11. The lowest BCUT2D eigenvalue weighted by Crippen LogP contribution is -2.46. The highest BCUT2D eigenvalue weighted by Crippen LogP contribution is 2.44. The molecule has 2 atom stereocenters. The number of ether oxygens (including phenoxy) is 4. The van der Waals surface area contributed by atoms with Crippen LogP contribution in [-0.4, -0.2) is 84.2 Å². The number of carbonyl (C=O) groups excluding carboxylic acids is 1. The molecule has 2 aromatic heterocycles. The average molecular weight is 875 g/mol. The molecule has 0 aliphatic carbocycles. The summed E-state index contributed by atoms with van der Waals surface area (Å²) in [6.07, 6.45) is 1.78. The minimum Gasteiger partial charge on any atom is -0.493 e. The molecule has 320 valence electrons. The van der Waals surface area contributed by atoms with Gasteiger partial charge in [0.05, 0.1) is 51.8 Å². The van der Waals surface area contributed by atoms with Crippen LogP contribution in [0.2, 0.25) is 0 Å². The van der Waals surface area contributed by atoms with E-state index in [2.05, 4.69) is 6.07 Å². The van der Waals surface area contributed by atoms with Crippen LogP contribution < -0.4 is 30.2 Å². The van der Waals surface area contributed by atoms with Gasteiger partial charge >= 0.3 is 5.69 Å². The van der Waals surface area contributed by atoms with Crippen LogP contribution >= 0.6 is 23.1 Å². The first-order chi connectivity index (χ1) is 30.2. The first kappa shape index (κ1) is 41.5.